The van der Waals surface area contributed by atoms with Crippen molar-refractivity contribution in [2.24, 2.45) is 4.99 Å². The Morgan fingerprint density at radius 3 is 2.50 bits per heavy atom. The number of carbonyl (C=O) groups is 1. The van der Waals surface area contributed by atoms with Gasteiger partial charge in [-0.25, -0.2) is 4.98 Å². The number of thiazole rings is 1. The summed E-state index contributed by atoms with van der Waals surface area (Å²) < 4.78 is 5.29. The molecule has 0 spiro atoms. The summed E-state index contributed by atoms with van der Waals surface area (Å²) in [5.41, 5.74) is 3.96. The molecule has 1 saturated heterocycles. The van der Waals surface area contributed by atoms with Crippen LogP contribution in [0, 0.1) is 0 Å². The van der Waals surface area contributed by atoms with Crippen LogP contribution in [0.4, 0.5) is 5.13 Å². The van der Waals surface area contributed by atoms with Gasteiger partial charge in [0.2, 0.25) is 5.13 Å². The molecule has 34 heavy (non-hydrogen) atoms. The van der Waals surface area contributed by atoms with E-state index in [1.165, 1.54) is 29.5 Å². The minimum atomic E-state index is 0.0591. The normalized spacial score (nSPS) is 19.6. The van der Waals surface area contributed by atoms with Crippen LogP contribution < -0.4 is 4.74 Å². The topological polar surface area (TPSA) is 54.8 Å². The largest absolute Gasteiger partial charge is 0.497 e. The predicted molar refractivity (Wildman–Crippen MR) is 142 cm³/mol. The standard InChI is InChI=1S/C27H27N3O2S2/c1-18(19-13-15-22(32-2)16-14-19)24-25(31)30(21-11-7-4-8-12-21)27(34-24)29-26-28-23(17-33-26)20-9-5-3-6-10-20/h3,5-6,9-10,13-17,21H,4,7-8,11-12H2,1-2H3/b24-18-,29-27+. The lowest BCUT2D eigenvalue weighted by Crippen LogP contribution is -2.40. The van der Waals surface area contributed by atoms with Gasteiger partial charge in [0.05, 0.1) is 17.7 Å². The Kier molecular flexibility index (Phi) is 6.83. The molecule has 5 nitrogen and oxygen atoms in total. The lowest BCUT2D eigenvalue weighted by atomic mass is 9.94. The van der Waals surface area contributed by atoms with E-state index in [0.29, 0.717) is 5.13 Å². The number of methoxy groups -OCH3 is 1. The fourth-order valence-electron chi connectivity index (χ4n) is 4.47. The molecule has 0 radical (unpaired) electrons. The first-order valence-electron chi connectivity index (χ1n) is 11.6. The minimum absolute atomic E-state index is 0.0591. The number of aliphatic imine (C=N–C) groups is 1. The van der Waals surface area contributed by atoms with E-state index in [2.05, 4.69) is 0 Å². The number of amidine groups is 1. The van der Waals surface area contributed by atoms with Crippen molar-refractivity contribution >= 4 is 44.9 Å². The van der Waals surface area contributed by atoms with E-state index in [-0.39, 0.29) is 11.9 Å². The number of nitrogens with zero attached hydrogens (tertiary/aromatic N) is 3. The van der Waals surface area contributed by atoms with Crippen molar-refractivity contribution < 1.29 is 9.53 Å². The van der Waals surface area contributed by atoms with Crippen molar-refractivity contribution in [1.29, 1.82) is 0 Å². The van der Waals surface area contributed by atoms with Gasteiger partial charge < -0.3 is 4.74 Å². The molecule has 174 valence electrons. The first-order chi connectivity index (χ1) is 16.6. The molecule has 3 aromatic rings. The molecule has 0 bridgehead atoms. The van der Waals surface area contributed by atoms with Gasteiger partial charge in [0.1, 0.15) is 5.75 Å². The molecule has 1 amide bonds. The summed E-state index contributed by atoms with van der Waals surface area (Å²) in [6, 6.07) is 18.2. The molecular weight excluding hydrogens is 462 g/mol. The maximum Gasteiger partial charge on any atom is 0.267 e. The zero-order valence-corrected chi connectivity index (χ0v) is 21.0. The monoisotopic (exact) mass is 489 g/mol. The van der Waals surface area contributed by atoms with Crippen LogP contribution in [0.15, 0.2) is 69.9 Å². The van der Waals surface area contributed by atoms with E-state index < -0.39 is 0 Å². The van der Waals surface area contributed by atoms with E-state index in [9.17, 15) is 4.79 Å². The van der Waals surface area contributed by atoms with Gasteiger partial charge in [-0.1, -0.05) is 61.7 Å². The number of thioether (sulfide) groups is 1. The van der Waals surface area contributed by atoms with Crippen LogP contribution in [-0.4, -0.2) is 34.1 Å². The highest BCUT2D eigenvalue weighted by atomic mass is 32.2. The second kappa shape index (κ2) is 10.2. The third-order valence-corrected chi connectivity index (χ3v) is 8.26. The van der Waals surface area contributed by atoms with Gasteiger partial charge in [0, 0.05) is 17.0 Å². The molecule has 1 aromatic heterocycles. The highest BCUT2D eigenvalue weighted by Crippen LogP contribution is 2.41. The number of ether oxygens (including phenoxy) is 1. The Balaban J connectivity index is 1.50. The summed E-state index contributed by atoms with van der Waals surface area (Å²) in [6.45, 7) is 2.01. The number of hydrogen-bond acceptors (Lipinski definition) is 6. The second-order valence-electron chi connectivity index (χ2n) is 8.53. The van der Waals surface area contributed by atoms with Crippen LogP contribution in [-0.2, 0) is 4.79 Å². The zero-order chi connectivity index (χ0) is 23.5. The van der Waals surface area contributed by atoms with Gasteiger partial charge in [-0.15, -0.1) is 11.3 Å². The number of allylic oxidation sites excluding steroid dienone is 1. The second-order valence-corrected chi connectivity index (χ2v) is 10.3. The van der Waals surface area contributed by atoms with Gasteiger partial charge in [-0.2, -0.15) is 4.99 Å². The number of aromatic nitrogens is 1. The molecule has 1 aliphatic carbocycles. The highest BCUT2D eigenvalue weighted by Gasteiger charge is 2.40. The van der Waals surface area contributed by atoms with Crippen molar-refractivity contribution in [1.82, 2.24) is 9.88 Å². The van der Waals surface area contributed by atoms with Gasteiger partial charge in [0.25, 0.3) is 5.91 Å². The molecule has 5 rings (SSSR count). The summed E-state index contributed by atoms with van der Waals surface area (Å²) >= 11 is 2.99. The minimum Gasteiger partial charge on any atom is -0.497 e. The quantitative estimate of drug-likeness (QED) is 0.357. The Morgan fingerprint density at radius 2 is 1.79 bits per heavy atom. The zero-order valence-electron chi connectivity index (χ0n) is 19.4. The van der Waals surface area contributed by atoms with E-state index in [4.69, 9.17) is 14.7 Å². The molecule has 0 atom stereocenters. The number of rotatable bonds is 5. The van der Waals surface area contributed by atoms with Crippen molar-refractivity contribution in [3.63, 3.8) is 0 Å². The van der Waals surface area contributed by atoms with E-state index in [1.807, 2.05) is 71.8 Å². The predicted octanol–water partition coefficient (Wildman–Crippen LogP) is 7.15. The first kappa shape index (κ1) is 22.9. The van der Waals surface area contributed by atoms with Gasteiger partial charge in [-0.05, 0) is 54.8 Å². The Hall–Kier alpha value is -2.90. The number of hydrogen-bond donors (Lipinski definition) is 0. The third kappa shape index (κ3) is 4.68. The summed E-state index contributed by atoms with van der Waals surface area (Å²) in [5.74, 6) is 0.861. The maximum absolute atomic E-state index is 13.7. The summed E-state index contributed by atoms with van der Waals surface area (Å²) in [4.78, 5) is 26.0. The van der Waals surface area contributed by atoms with Crippen LogP contribution in [0.25, 0.3) is 16.8 Å². The lowest BCUT2D eigenvalue weighted by molar-refractivity contribution is -0.124. The SMILES string of the molecule is COc1ccc(/C(C)=C2\S/C(=N/c3nc(-c4ccccc4)cs3)N(C3CCCCC3)C2=O)cc1. The summed E-state index contributed by atoms with van der Waals surface area (Å²) in [5, 5.41) is 3.45. The Morgan fingerprint density at radius 1 is 1.06 bits per heavy atom. The van der Waals surface area contributed by atoms with Crippen LogP contribution >= 0.6 is 23.1 Å². The van der Waals surface area contributed by atoms with Crippen LogP contribution in [0.2, 0.25) is 0 Å². The molecule has 2 aliphatic rings. The molecule has 1 aliphatic heterocycles. The third-order valence-electron chi connectivity index (χ3n) is 6.37. The lowest BCUT2D eigenvalue weighted by Gasteiger charge is -2.30. The Bertz CT molecular complexity index is 1230. The van der Waals surface area contributed by atoms with Gasteiger partial charge >= 0.3 is 0 Å². The molecule has 0 N–H and O–H groups in total. The molecule has 0 unspecified atom stereocenters. The molecule has 2 aromatic carbocycles. The van der Waals surface area contributed by atoms with Crippen molar-refractivity contribution in [2.75, 3.05) is 7.11 Å². The van der Waals surface area contributed by atoms with Gasteiger partial charge in [-0.3, -0.25) is 9.69 Å². The molecule has 1 saturated carbocycles. The molecular formula is C27H27N3O2S2. The van der Waals surface area contributed by atoms with Crippen molar-refractivity contribution in [2.45, 2.75) is 45.1 Å². The van der Waals surface area contributed by atoms with E-state index in [1.54, 1.807) is 7.11 Å². The smallest absolute Gasteiger partial charge is 0.267 e. The first-order valence-corrected chi connectivity index (χ1v) is 13.3. The van der Waals surface area contributed by atoms with Crippen molar-refractivity contribution in [3.05, 3.63) is 70.4 Å². The Labute approximate surface area is 208 Å². The summed E-state index contributed by atoms with van der Waals surface area (Å²) in [6.07, 6.45) is 5.58. The number of benzene rings is 2. The van der Waals surface area contributed by atoms with E-state index in [0.717, 1.165) is 63.9 Å². The molecule has 2 fully saturated rings. The average Bonchev–Trinajstić information content (AvgIpc) is 3.49. The van der Waals surface area contributed by atoms with Crippen LogP contribution in [0.1, 0.15) is 44.6 Å². The molecule has 7 heteroatoms. The molecule has 2 heterocycles. The average molecular weight is 490 g/mol. The highest BCUT2D eigenvalue weighted by molar-refractivity contribution is 8.18. The summed E-state index contributed by atoms with van der Waals surface area (Å²) in [7, 11) is 1.66. The van der Waals surface area contributed by atoms with Crippen LogP contribution in [0.5, 0.6) is 5.75 Å². The van der Waals surface area contributed by atoms with E-state index >= 15 is 0 Å². The number of amides is 1. The maximum atomic E-state index is 13.7. The number of carbonyl (C=O) groups excluding carboxylic acids is 1. The fourth-order valence-corrected chi connectivity index (χ4v) is 6.32. The fraction of sp³-hybridized carbons (Fsp3) is 0.296. The van der Waals surface area contributed by atoms with Gasteiger partial charge in [0.15, 0.2) is 5.17 Å². The van der Waals surface area contributed by atoms with Crippen molar-refractivity contribution in [3.8, 4) is 17.0 Å². The van der Waals surface area contributed by atoms with Crippen LogP contribution in [0.3, 0.4) is 0 Å².